The molecule has 0 saturated carbocycles. The third kappa shape index (κ3) is 1.43. The molecule has 0 fully saturated rings. The summed E-state index contributed by atoms with van der Waals surface area (Å²) in [4.78, 5) is 0. The second-order valence-electron chi connectivity index (χ2n) is 3.42. The van der Waals surface area contributed by atoms with E-state index in [0.29, 0.717) is 5.56 Å². The van der Waals surface area contributed by atoms with Gasteiger partial charge in [0.05, 0.1) is 5.71 Å². The first-order valence-corrected chi connectivity index (χ1v) is 4.48. The molecule has 0 unspecified atom stereocenters. The molecule has 1 heterocycles. The Morgan fingerprint density at radius 2 is 2.36 bits per heavy atom. The van der Waals surface area contributed by atoms with Crippen molar-refractivity contribution in [3.8, 4) is 5.75 Å². The van der Waals surface area contributed by atoms with Gasteiger partial charge in [0.15, 0.2) is 0 Å². The summed E-state index contributed by atoms with van der Waals surface area (Å²) in [6.45, 7) is 2.76. The van der Waals surface area contributed by atoms with Gasteiger partial charge in [0.25, 0.3) is 0 Å². The molecular formula is C10H11FN2O. The van der Waals surface area contributed by atoms with E-state index in [1.54, 1.807) is 6.07 Å². The van der Waals surface area contributed by atoms with Crippen LogP contribution in [0.3, 0.4) is 0 Å². The number of nitrogens with one attached hydrogen (secondary N) is 1. The summed E-state index contributed by atoms with van der Waals surface area (Å²) in [6, 6.07) is 3.97. The van der Waals surface area contributed by atoms with E-state index in [2.05, 4.69) is 10.5 Å². The average Bonchev–Trinajstić information content (AvgIpc) is 2.52. The lowest BCUT2D eigenvalue weighted by atomic mass is 9.99. The first-order valence-electron chi connectivity index (χ1n) is 4.48. The third-order valence-corrected chi connectivity index (χ3v) is 2.30. The van der Waals surface area contributed by atoms with Gasteiger partial charge < -0.3 is 10.5 Å². The van der Waals surface area contributed by atoms with Crippen molar-refractivity contribution >= 4 is 5.71 Å². The van der Waals surface area contributed by atoms with Gasteiger partial charge in [-0.2, -0.15) is 5.10 Å². The van der Waals surface area contributed by atoms with Crippen LogP contribution < -0.4 is 5.43 Å². The van der Waals surface area contributed by atoms with Gasteiger partial charge in [-0.1, -0.05) is 6.92 Å². The normalized spacial score (nSPS) is 20.4. The van der Waals surface area contributed by atoms with Crippen LogP contribution >= 0.6 is 0 Å². The molecule has 2 rings (SSSR count). The zero-order valence-electron chi connectivity index (χ0n) is 7.79. The fraction of sp³-hybridized carbons (Fsp3) is 0.300. The summed E-state index contributed by atoms with van der Waals surface area (Å²) in [7, 11) is 0. The molecular weight excluding hydrogens is 183 g/mol. The van der Waals surface area contributed by atoms with Crippen molar-refractivity contribution in [1.29, 1.82) is 0 Å². The van der Waals surface area contributed by atoms with E-state index >= 15 is 0 Å². The molecule has 1 atom stereocenters. The summed E-state index contributed by atoms with van der Waals surface area (Å²) in [5.41, 5.74) is 4.23. The number of phenolic OH excluding ortho intramolecular Hbond substituents is 1. The lowest BCUT2D eigenvalue weighted by Crippen LogP contribution is -2.12. The Balaban J connectivity index is 2.41. The van der Waals surface area contributed by atoms with Crippen LogP contribution in [0, 0.1) is 11.7 Å². The Bertz CT molecular complexity index is 390. The molecule has 0 amide bonds. The summed E-state index contributed by atoms with van der Waals surface area (Å²) in [5.74, 6) is -0.254. The van der Waals surface area contributed by atoms with Crippen LogP contribution in [0.1, 0.15) is 12.5 Å². The van der Waals surface area contributed by atoms with Gasteiger partial charge in [0.2, 0.25) is 0 Å². The highest BCUT2D eigenvalue weighted by Crippen LogP contribution is 2.23. The number of nitrogens with zero attached hydrogens (tertiary/aromatic N) is 1. The second-order valence-corrected chi connectivity index (χ2v) is 3.42. The number of benzene rings is 1. The topological polar surface area (TPSA) is 44.6 Å². The Morgan fingerprint density at radius 1 is 1.57 bits per heavy atom. The lowest BCUT2D eigenvalue weighted by Gasteiger charge is -2.07. The molecule has 2 N–H and O–H groups in total. The maximum Gasteiger partial charge on any atom is 0.127 e. The zero-order valence-corrected chi connectivity index (χ0v) is 7.79. The first kappa shape index (κ1) is 8.99. The summed E-state index contributed by atoms with van der Waals surface area (Å²) in [5, 5.41) is 13.6. The minimum Gasteiger partial charge on any atom is -0.507 e. The Morgan fingerprint density at radius 3 is 2.93 bits per heavy atom. The number of aromatic hydroxyl groups is 1. The number of rotatable bonds is 1. The molecule has 1 aromatic carbocycles. The molecule has 3 nitrogen and oxygen atoms in total. The summed E-state index contributed by atoms with van der Waals surface area (Å²) >= 11 is 0. The van der Waals surface area contributed by atoms with Crippen molar-refractivity contribution in [2.45, 2.75) is 6.92 Å². The first-order chi connectivity index (χ1) is 6.68. The standard InChI is InChI=1S/C10H11FN2O/c1-6-5-12-13-10(6)8-3-2-7(11)4-9(8)14/h2-4,6,12,14H,5H2,1H3/t6-/m1/s1. The predicted octanol–water partition coefficient (Wildman–Crippen LogP) is 1.47. The highest BCUT2D eigenvalue weighted by atomic mass is 19.1. The van der Waals surface area contributed by atoms with Gasteiger partial charge in [-0.25, -0.2) is 4.39 Å². The fourth-order valence-electron chi connectivity index (χ4n) is 1.52. The molecule has 1 aliphatic rings. The second kappa shape index (κ2) is 3.29. The molecule has 0 aromatic heterocycles. The number of halogens is 1. The van der Waals surface area contributed by atoms with E-state index in [1.807, 2.05) is 6.92 Å². The van der Waals surface area contributed by atoms with Crippen molar-refractivity contribution in [3.05, 3.63) is 29.6 Å². The maximum atomic E-state index is 12.7. The van der Waals surface area contributed by atoms with E-state index in [0.717, 1.165) is 18.3 Å². The van der Waals surface area contributed by atoms with Crippen LogP contribution in [0.15, 0.2) is 23.3 Å². The van der Waals surface area contributed by atoms with Gasteiger partial charge in [-0.15, -0.1) is 0 Å². The van der Waals surface area contributed by atoms with E-state index in [4.69, 9.17) is 0 Å². The number of hydrazone groups is 1. The average molecular weight is 194 g/mol. The number of hydrogen-bond donors (Lipinski definition) is 2. The van der Waals surface area contributed by atoms with E-state index in [-0.39, 0.29) is 11.7 Å². The Kier molecular flexibility index (Phi) is 2.11. The van der Waals surface area contributed by atoms with Crippen LogP contribution in [-0.2, 0) is 0 Å². The van der Waals surface area contributed by atoms with Gasteiger partial charge in [-0.3, -0.25) is 0 Å². The molecule has 74 valence electrons. The molecule has 14 heavy (non-hydrogen) atoms. The molecule has 1 aliphatic heterocycles. The van der Waals surface area contributed by atoms with Crippen molar-refractivity contribution in [3.63, 3.8) is 0 Å². The van der Waals surface area contributed by atoms with Crippen LogP contribution in [0.5, 0.6) is 5.75 Å². The van der Waals surface area contributed by atoms with Crippen LogP contribution in [0.2, 0.25) is 0 Å². The summed E-state index contributed by atoms with van der Waals surface area (Å²) < 4.78 is 12.7. The third-order valence-electron chi connectivity index (χ3n) is 2.30. The van der Waals surface area contributed by atoms with Crippen molar-refractivity contribution < 1.29 is 9.50 Å². The smallest absolute Gasteiger partial charge is 0.127 e. The summed E-state index contributed by atoms with van der Waals surface area (Å²) in [6.07, 6.45) is 0. The molecule has 0 aliphatic carbocycles. The Labute approximate surface area is 81.3 Å². The minimum atomic E-state index is -0.439. The number of phenols is 1. The van der Waals surface area contributed by atoms with Crippen LogP contribution in [0.25, 0.3) is 0 Å². The molecule has 1 aromatic rings. The minimum absolute atomic E-state index is 0.0562. The van der Waals surface area contributed by atoms with E-state index < -0.39 is 5.82 Å². The van der Waals surface area contributed by atoms with Crippen molar-refractivity contribution in [1.82, 2.24) is 5.43 Å². The number of hydrogen-bond acceptors (Lipinski definition) is 3. The zero-order chi connectivity index (χ0) is 10.1. The lowest BCUT2D eigenvalue weighted by molar-refractivity contribution is 0.467. The van der Waals surface area contributed by atoms with Crippen molar-refractivity contribution in [2.24, 2.45) is 11.0 Å². The quantitative estimate of drug-likeness (QED) is 0.711. The molecule has 0 bridgehead atoms. The molecule has 0 saturated heterocycles. The van der Waals surface area contributed by atoms with Gasteiger partial charge >= 0.3 is 0 Å². The van der Waals surface area contributed by atoms with Gasteiger partial charge in [-0.05, 0) is 12.1 Å². The maximum absolute atomic E-state index is 12.7. The highest BCUT2D eigenvalue weighted by molar-refractivity contribution is 6.04. The predicted molar refractivity (Wildman–Crippen MR) is 51.8 cm³/mol. The van der Waals surface area contributed by atoms with E-state index in [1.165, 1.54) is 6.07 Å². The van der Waals surface area contributed by atoms with Crippen LogP contribution in [-0.4, -0.2) is 17.4 Å². The highest BCUT2D eigenvalue weighted by Gasteiger charge is 2.20. The van der Waals surface area contributed by atoms with Crippen LogP contribution in [0.4, 0.5) is 4.39 Å². The monoisotopic (exact) mass is 194 g/mol. The Hall–Kier alpha value is -1.58. The molecule has 0 radical (unpaired) electrons. The largest absolute Gasteiger partial charge is 0.507 e. The van der Waals surface area contributed by atoms with Crippen molar-refractivity contribution in [2.75, 3.05) is 6.54 Å². The van der Waals surface area contributed by atoms with Gasteiger partial charge in [0.1, 0.15) is 11.6 Å². The SMILES string of the molecule is C[C@@H]1CNN=C1c1ccc(F)cc1O. The molecule has 0 spiro atoms. The van der Waals surface area contributed by atoms with Gasteiger partial charge in [0, 0.05) is 24.1 Å². The molecule has 4 heteroatoms. The van der Waals surface area contributed by atoms with E-state index in [9.17, 15) is 9.50 Å². The fourth-order valence-corrected chi connectivity index (χ4v) is 1.52.